The van der Waals surface area contributed by atoms with Crippen molar-refractivity contribution in [3.63, 3.8) is 0 Å². The second-order valence-electron chi connectivity index (χ2n) is 3.63. The van der Waals surface area contributed by atoms with Crippen LogP contribution in [0.25, 0.3) is 10.1 Å². The van der Waals surface area contributed by atoms with Crippen LogP contribution in [0.4, 0.5) is 0 Å². The minimum Gasteiger partial charge on any atom is -0.158 e. The molecule has 2 aromatic rings. The molecule has 0 aliphatic carbocycles. The van der Waals surface area contributed by atoms with Crippen molar-refractivity contribution in [1.82, 2.24) is 10.2 Å². The molecule has 0 aromatic carbocycles. The third-order valence-electron chi connectivity index (χ3n) is 2.00. The second kappa shape index (κ2) is 3.42. The van der Waals surface area contributed by atoms with Crippen LogP contribution in [0.15, 0.2) is 17.8 Å². The van der Waals surface area contributed by atoms with Crippen molar-refractivity contribution in [2.45, 2.75) is 20.3 Å². The number of hydrogen-bond donors (Lipinski definition) is 0. The topological polar surface area (TPSA) is 25.8 Å². The van der Waals surface area contributed by atoms with Gasteiger partial charge >= 0.3 is 0 Å². The van der Waals surface area contributed by atoms with Crippen molar-refractivity contribution in [2.24, 2.45) is 5.92 Å². The molecule has 68 valence electrons. The van der Waals surface area contributed by atoms with E-state index < -0.39 is 0 Å². The number of nitrogens with zero attached hydrogens (tertiary/aromatic N) is 2. The Bertz CT molecular complexity index is 406. The summed E-state index contributed by atoms with van der Waals surface area (Å²) < 4.78 is 1.24. The van der Waals surface area contributed by atoms with Crippen LogP contribution < -0.4 is 0 Å². The quantitative estimate of drug-likeness (QED) is 0.731. The largest absolute Gasteiger partial charge is 0.158 e. The van der Waals surface area contributed by atoms with E-state index in [4.69, 9.17) is 0 Å². The molecule has 0 saturated carbocycles. The van der Waals surface area contributed by atoms with Crippen LogP contribution in [0.1, 0.15) is 19.4 Å². The molecule has 13 heavy (non-hydrogen) atoms. The molecule has 0 saturated heterocycles. The van der Waals surface area contributed by atoms with Crippen LogP contribution in [0.3, 0.4) is 0 Å². The van der Waals surface area contributed by atoms with Gasteiger partial charge in [0.2, 0.25) is 0 Å². The summed E-state index contributed by atoms with van der Waals surface area (Å²) in [5.74, 6) is 0.700. The zero-order chi connectivity index (χ0) is 9.26. The van der Waals surface area contributed by atoms with Gasteiger partial charge in [0.1, 0.15) is 0 Å². The molecule has 0 atom stereocenters. The van der Waals surface area contributed by atoms with Gasteiger partial charge in [0.25, 0.3) is 0 Å². The van der Waals surface area contributed by atoms with Crippen molar-refractivity contribution in [3.05, 3.63) is 23.3 Å². The Hall–Kier alpha value is -0.960. The first-order valence-corrected chi connectivity index (χ1v) is 5.32. The smallest absolute Gasteiger partial charge is 0.0674 e. The third-order valence-corrected chi connectivity index (χ3v) is 2.98. The van der Waals surface area contributed by atoms with Gasteiger partial charge in [-0.1, -0.05) is 13.8 Å². The van der Waals surface area contributed by atoms with Crippen LogP contribution in [0.2, 0.25) is 0 Å². The van der Waals surface area contributed by atoms with E-state index in [2.05, 4.69) is 29.4 Å². The highest BCUT2D eigenvalue weighted by Gasteiger charge is 2.05. The monoisotopic (exact) mass is 192 g/mol. The highest BCUT2D eigenvalue weighted by molar-refractivity contribution is 7.17. The lowest BCUT2D eigenvalue weighted by molar-refractivity contribution is 0.651. The minimum atomic E-state index is 0.700. The standard InChI is InChI=1S/C10H12N2S/c1-7(2)3-8-6-13-10-5-12-11-4-9(8)10/h4-7H,3H2,1-2H3. The predicted octanol–water partition coefficient (Wildman–Crippen LogP) is 2.89. The van der Waals surface area contributed by atoms with Crippen LogP contribution in [-0.2, 0) is 6.42 Å². The number of rotatable bonds is 2. The lowest BCUT2D eigenvalue weighted by Gasteiger charge is -2.01. The first-order valence-electron chi connectivity index (χ1n) is 4.44. The average molecular weight is 192 g/mol. The van der Waals surface area contributed by atoms with Gasteiger partial charge in [0.15, 0.2) is 0 Å². The summed E-state index contributed by atoms with van der Waals surface area (Å²) in [5, 5.41) is 11.3. The van der Waals surface area contributed by atoms with Gasteiger partial charge < -0.3 is 0 Å². The molecular formula is C10H12N2S. The fraction of sp³-hybridized carbons (Fsp3) is 0.400. The van der Waals surface area contributed by atoms with Crippen molar-refractivity contribution >= 4 is 21.4 Å². The highest BCUT2D eigenvalue weighted by atomic mass is 32.1. The summed E-state index contributed by atoms with van der Waals surface area (Å²) >= 11 is 1.75. The van der Waals surface area contributed by atoms with Gasteiger partial charge in [-0.2, -0.15) is 10.2 Å². The van der Waals surface area contributed by atoms with E-state index in [0.717, 1.165) is 6.42 Å². The van der Waals surface area contributed by atoms with Crippen molar-refractivity contribution in [2.75, 3.05) is 0 Å². The molecule has 2 nitrogen and oxygen atoms in total. The maximum atomic E-state index is 3.91. The molecule has 0 radical (unpaired) electrons. The van der Waals surface area contributed by atoms with Crippen LogP contribution in [0, 0.1) is 5.92 Å². The Morgan fingerprint density at radius 1 is 1.31 bits per heavy atom. The lowest BCUT2D eigenvalue weighted by Crippen LogP contribution is -1.92. The molecule has 3 heteroatoms. The molecular weight excluding hydrogens is 180 g/mol. The summed E-state index contributed by atoms with van der Waals surface area (Å²) in [4.78, 5) is 0. The maximum absolute atomic E-state index is 3.91. The molecule has 0 aliphatic heterocycles. The predicted molar refractivity (Wildman–Crippen MR) is 56.0 cm³/mol. The van der Waals surface area contributed by atoms with E-state index in [0.29, 0.717) is 5.92 Å². The van der Waals surface area contributed by atoms with Crippen molar-refractivity contribution < 1.29 is 0 Å². The number of hydrogen-bond acceptors (Lipinski definition) is 3. The Morgan fingerprint density at radius 2 is 2.08 bits per heavy atom. The zero-order valence-electron chi connectivity index (χ0n) is 7.82. The summed E-state index contributed by atoms with van der Waals surface area (Å²) in [6.07, 6.45) is 4.83. The van der Waals surface area contributed by atoms with Crippen LogP contribution >= 0.6 is 11.3 Å². The Labute approximate surface area is 81.6 Å². The van der Waals surface area contributed by atoms with Gasteiger partial charge in [-0.05, 0) is 23.3 Å². The van der Waals surface area contributed by atoms with Crippen molar-refractivity contribution in [1.29, 1.82) is 0 Å². The molecule has 0 fully saturated rings. The molecule has 0 unspecified atom stereocenters. The fourth-order valence-electron chi connectivity index (χ4n) is 1.44. The van der Waals surface area contributed by atoms with E-state index in [1.165, 1.54) is 15.6 Å². The summed E-state index contributed by atoms with van der Waals surface area (Å²) in [7, 11) is 0. The lowest BCUT2D eigenvalue weighted by atomic mass is 10.0. The van der Waals surface area contributed by atoms with Crippen LogP contribution in [-0.4, -0.2) is 10.2 Å². The Kier molecular flexibility index (Phi) is 2.27. The molecule has 0 aliphatic rings. The summed E-state index contributed by atoms with van der Waals surface area (Å²) in [6, 6.07) is 0. The van der Waals surface area contributed by atoms with Gasteiger partial charge in [-0.15, -0.1) is 11.3 Å². The molecule has 0 amide bonds. The SMILES string of the molecule is CC(C)Cc1csc2cnncc12. The number of aromatic nitrogens is 2. The first kappa shape index (κ1) is 8.63. The van der Waals surface area contributed by atoms with E-state index >= 15 is 0 Å². The number of fused-ring (bicyclic) bond motifs is 1. The summed E-state index contributed by atoms with van der Waals surface area (Å²) in [5.41, 5.74) is 1.41. The van der Waals surface area contributed by atoms with E-state index in [1.54, 1.807) is 11.3 Å². The maximum Gasteiger partial charge on any atom is 0.0674 e. The van der Waals surface area contributed by atoms with E-state index in [-0.39, 0.29) is 0 Å². The molecule has 2 rings (SSSR count). The molecule has 2 heterocycles. The van der Waals surface area contributed by atoms with Gasteiger partial charge in [0.05, 0.1) is 17.1 Å². The molecule has 0 spiro atoms. The van der Waals surface area contributed by atoms with E-state index in [9.17, 15) is 0 Å². The van der Waals surface area contributed by atoms with Crippen LogP contribution in [0.5, 0.6) is 0 Å². The normalized spacial score (nSPS) is 11.3. The van der Waals surface area contributed by atoms with Gasteiger partial charge in [-0.3, -0.25) is 0 Å². The van der Waals surface area contributed by atoms with Gasteiger partial charge in [0, 0.05) is 5.39 Å². The Morgan fingerprint density at radius 3 is 2.85 bits per heavy atom. The van der Waals surface area contributed by atoms with E-state index in [1.807, 2.05) is 12.4 Å². The zero-order valence-corrected chi connectivity index (χ0v) is 8.64. The first-order chi connectivity index (χ1) is 6.27. The van der Waals surface area contributed by atoms with Crippen molar-refractivity contribution in [3.8, 4) is 0 Å². The highest BCUT2D eigenvalue weighted by Crippen LogP contribution is 2.25. The number of thiophene rings is 1. The van der Waals surface area contributed by atoms with Gasteiger partial charge in [-0.25, -0.2) is 0 Å². The Balaban J connectivity index is 2.46. The molecule has 2 aromatic heterocycles. The summed E-state index contributed by atoms with van der Waals surface area (Å²) in [6.45, 7) is 4.47. The average Bonchev–Trinajstić information content (AvgIpc) is 2.48. The minimum absolute atomic E-state index is 0.700. The second-order valence-corrected chi connectivity index (χ2v) is 4.54. The fourth-order valence-corrected chi connectivity index (χ4v) is 2.35. The third kappa shape index (κ3) is 1.70. The molecule has 0 N–H and O–H groups in total. The molecule has 0 bridgehead atoms.